The molecule has 1 aromatic carbocycles. The predicted molar refractivity (Wildman–Crippen MR) is 150 cm³/mol. The summed E-state index contributed by atoms with van der Waals surface area (Å²) in [5.41, 5.74) is 0.928. The number of nitrogens with one attached hydrogen (secondary N) is 1. The van der Waals surface area contributed by atoms with Crippen molar-refractivity contribution in [2.75, 3.05) is 13.1 Å². The number of nitrogens with zero attached hydrogens (tertiary/aromatic N) is 3. The third-order valence-corrected chi connectivity index (χ3v) is 10.4. The summed E-state index contributed by atoms with van der Waals surface area (Å²) in [5.74, 6) is -2.96. The van der Waals surface area contributed by atoms with Crippen molar-refractivity contribution in [2.24, 2.45) is 0 Å². The maximum atomic E-state index is 14.2. The fourth-order valence-electron chi connectivity index (χ4n) is 6.18. The average Bonchev–Trinajstić information content (AvgIpc) is 3.51. The summed E-state index contributed by atoms with van der Waals surface area (Å²) in [6, 6.07) is 8.21. The van der Waals surface area contributed by atoms with Crippen LogP contribution in [-0.2, 0) is 14.2 Å². The maximum Gasteiger partial charge on any atom is 0.363 e. The fraction of sp³-hybridized carbons (Fsp3) is 0.429. The van der Waals surface area contributed by atoms with Gasteiger partial charge in [-0.25, -0.2) is 4.39 Å². The van der Waals surface area contributed by atoms with Crippen LogP contribution in [0.2, 0.25) is 0 Å². The van der Waals surface area contributed by atoms with Crippen molar-refractivity contribution in [3.8, 4) is 0 Å². The molecule has 0 bridgehead atoms. The van der Waals surface area contributed by atoms with Gasteiger partial charge in [0.15, 0.2) is 0 Å². The maximum absolute atomic E-state index is 14.2. The molecule has 3 aliphatic rings. The number of halogens is 1. The third kappa shape index (κ3) is 5.41. The van der Waals surface area contributed by atoms with Crippen LogP contribution in [0.15, 0.2) is 48.8 Å². The van der Waals surface area contributed by atoms with E-state index in [1.54, 1.807) is 16.0 Å². The highest BCUT2D eigenvalue weighted by Gasteiger charge is 2.47. The minimum Gasteiger partial charge on any atom is -0.340 e. The van der Waals surface area contributed by atoms with Crippen LogP contribution in [0.1, 0.15) is 64.7 Å². The Hall–Kier alpha value is -3.18. The minimum atomic E-state index is -4.96. The van der Waals surface area contributed by atoms with Crippen LogP contribution in [0.4, 0.5) is 4.39 Å². The Kier molecular flexibility index (Phi) is 7.44. The van der Waals surface area contributed by atoms with Gasteiger partial charge in [-0.05, 0) is 72.9 Å². The summed E-state index contributed by atoms with van der Waals surface area (Å²) in [6.07, 6.45) is 6.87. The number of fused-ring (bicyclic) bond motifs is 2. The molecule has 3 aliphatic heterocycles. The van der Waals surface area contributed by atoms with Crippen LogP contribution >= 0.6 is 18.9 Å². The molecule has 0 spiro atoms. The second-order valence-corrected chi connectivity index (χ2v) is 13.7. The first-order valence-corrected chi connectivity index (χ1v) is 16.1. The Labute approximate surface area is 239 Å². The lowest BCUT2D eigenvalue weighted by atomic mass is 9.92. The lowest BCUT2D eigenvalue weighted by Crippen LogP contribution is -2.58. The van der Waals surface area contributed by atoms with E-state index in [0.717, 1.165) is 36.2 Å². The predicted octanol–water partition coefficient (Wildman–Crippen LogP) is 3.71. The smallest absolute Gasteiger partial charge is 0.340 e. The summed E-state index contributed by atoms with van der Waals surface area (Å²) in [4.78, 5) is 66.7. The van der Waals surface area contributed by atoms with Crippen molar-refractivity contribution in [1.29, 1.82) is 0 Å². The molecule has 3 N–H and O–H groups in total. The Morgan fingerprint density at radius 1 is 1.12 bits per heavy atom. The number of benzene rings is 1. The number of pyridine rings is 1. The summed E-state index contributed by atoms with van der Waals surface area (Å²) in [7, 11) is -4.96. The Balaban J connectivity index is 1.14. The number of likely N-dealkylation sites (tertiary alicyclic amines) is 1. The first-order valence-electron chi connectivity index (χ1n) is 13.6. The van der Waals surface area contributed by atoms with Gasteiger partial charge in [0.1, 0.15) is 12.1 Å². The molecule has 41 heavy (non-hydrogen) atoms. The van der Waals surface area contributed by atoms with E-state index in [0.29, 0.717) is 40.9 Å². The van der Waals surface area contributed by atoms with E-state index in [1.165, 1.54) is 24.3 Å². The van der Waals surface area contributed by atoms with Crippen LogP contribution in [0, 0.1) is 0 Å². The Morgan fingerprint density at radius 3 is 2.66 bits per heavy atom. The number of alkyl halides is 1. The second kappa shape index (κ2) is 10.9. The van der Waals surface area contributed by atoms with Gasteiger partial charge in [-0.3, -0.25) is 23.9 Å². The van der Waals surface area contributed by atoms with Crippen LogP contribution in [0.5, 0.6) is 0 Å². The zero-order valence-corrected chi connectivity index (χ0v) is 23.8. The number of hydrogen-bond donors (Lipinski definition) is 3. The first kappa shape index (κ1) is 28.0. The zero-order valence-electron chi connectivity index (χ0n) is 22.1. The molecule has 5 heterocycles. The molecule has 13 heteroatoms. The van der Waals surface area contributed by atoms with Crippen molar-refractivity contribution in [2.45, 2.75) is 62.1 Å². The highest BCUT2D eigenvalue weighted by atomic mass is 32.1. The summed E-state index contributed by atoms with van der Waals surface area (Å²) < 4.78 is 26.2. The average molecular weight is 601 g/mol. The number of carbonyl (C=O) groups excluding carboxylic acids is 3. The molecular formula is C28H30FN4O6PS. The molecule has 0 saturated carbocycles. The molecule has 2 aromatic heterocycles. The van der Waals surface area contributed by atoms with Crippen LogP contribution in [0.25, 0.3) is 10.1 Å². The highest BCUT2D eigenvalue weighted by Crippen LogP contribution is 2.53. The first-order chi connectivity index (χ1) is 19.6. The lowest BCUT2D eigenvalue weighted by molar-refractivity contribution is -0.148. The van der Waals surface area contributed by atoms with Crippen LogP contribution in [-0.4, -0.2) is 73.5 Å². The molecule has 3 aromatic rings. The van der Waals surface area contributed by atoms with E-state index < -0.39 is 31.5 Å². The minimum absolute atomic E-state index is 0.0285. The van der Waals surface area contributed by atoms with Gasteiger partial charge < -0.3 is 24.9 Å². The summed E-state index contributed by atoms with van der Waals surface area (Å²) in [6.45, 7) is 1.19. The quantitative estimate of drug-likeness (QED) is 0.367. The molecule has 3 amide bonds. The monoisotopic (exact) mass is 600 g/mol. The molecule has 0 unspecified atom stereocenters. The molecule has 6 rings (SSSR count). The van der Waals surface area contributed by atoms with Gasteiger partial charge in [0.2, 0.25) is 17.7 Å². The Bertz CT molecular complexity index is 1540. The van der Waals surface area contributed by atoms with Gasteiger partial charge in [0, 0.05) is 42.1 Å². The SMILES string of the molecule is O=C(N[C@H]1CCC[C@H]2CC[C@@H](C(=O)N3CC(c4cccnc4)C3)N2C1=O)c1cc2cc([C@@H](F)P(=O)(O)O)ccc2s1. The van der Waals surface area contributed by atoms with Crippen molar-refractivity contribution >= 4 is 46.7 Å². The van der Waals surface area contributed by atoms with E-state index in [9.17, 15) is 33.1 Å². The largest absolute Gasteiger partial charge is 0.363 e. The van der Waals surface area contributed by atoms with Crippen molar-refractivity contribution in [3.05, 3.63) is 64.8 Å². The number of amides is 3. The molecule has 0 radical (unpaired) electrons. The highest BCUT2D eigenvalue weighted by molar-refractivity contribution is 7.51. The molecule has 3 fully saturated rings. The Morgan fingerprint density at radius 2 is 1.93 bits per heavy atom. The van der Waals surface area contributed by atoms with E-state index in [2.05, 4.69) is 10.3 Å². The van der Waals surface area contributed by atoms with Crippen molar-refractivity contribution in [1.82, 2.24) is 20.1 Å². The molecule has 216 valence electrons. The van der Waals surface area contributed by atoms with Gasteiger partial charge >= 0.3 is 7.60 Å². The second-order valence-electron chi connectivity index (χ2n) is 11.0. The molecule has 10 nitrogen and oxygen atoms in total. The standard InChI is InChI=1S/C28H30FN4O6PS/c29-25(40(37,38)39)16-6-9-23-18(11-16)12-24(41-23)26(34)31-21-5-1-4-20-7-8-22(33(20)27(21)35)28(36)32-14-19(15-32)17-3-2-10-30-13-17/h2-3,6,9-13,19-22,25H,1,4-5,7-8,14-15H2,(H,31,34)(H2,37,38,39)/t20-,21-,22-,25-/m0/s1. The van der Waals surface area contributed by atoms with Crippen molar-refractivity contribution < 1.29 is 33.1 Å². The molecule has 4 atom stereocenters. The van der Waals surface area contributed by atoms with Crippen LogP contribution in [0.3, 0.4) is 0 Å². The summed E-state index contributed by atoms with van der Waals surface area (Å²) >= 11 is 1.15. The number of carbonyl (C=O) groups is 3. The van der Waals surface area contributed by atoms with Gasteiger partial charge in [-0.2, -0.15) is 0 Å². The number of rotatable bonds is 6. The van der Waals surface area contributed by atoms with E-state index in [-0.39, 0.29) is 29.3 Å². The number of thiophene rings is 1. The van der Waals surface area contributed by atoms with Gasteiger partial charge in [-0.15, -0.1) is 11.3 Å². The van der Waals surface area contributed by atoms with E-state index in [4.69, 9.17) is 0 Å². The zero-order chi connectivity index (χ0) is 28.9. The van der Waals surface area contributed by atoms with E-state index >= 15 is 0 Å². The normalized spacial score (nSPS) is 24.1. The van der Waals surface area contributed by atoms with Gasteiger partial charge in [-0.1, -0.05) is 12.1 Å². The van der Waals surface area contributed by atoms with Gasteiger partial charge in [0.25, 0.3) is 5.91 Å². The summed E-state index contributed by atoms with van der Waals surface area (Å²) in [5, 5.41) is 3.33. The van der Waals surface area contributed by atoms with Crippen LogP contribution < -0.4 is 5.32 Å². The fourth-order valence-corrected chi connectivity index (χ4v) is 7.68. The molecule has 3 saturated heterocycles. The molecule has 0 aliphatic carbocycles. The number of hydrogen-bond acceptors (Lipinski definition) is 6. The topological polar surface area (TPSA) is 140 Å². The van der Waals surface area contributed by atoms with E-state index in [1.807, 2.05) is 18.3 Å². The number of aromatic nitrogens is 1. The van der Waals surface area contributed by atoms with Crippen molar-refractivity contribution in [3.63, 3.8) is 0 Å². The molecular weight excluding hydrogens is 570 g/mol. The third-order valence-electron chi connectivity index (χ3n) is 8.36. The van der Waals surface area contributed by atoms with Gasteiger partial charge in [0.05, 0.1) is 4.88 Å². The lowest BCUT2D eigenvalue weighted by Gasteiger charge is -2.42.